The largest absolute Gasteiger partial charge is 0.361 e. The maximum absolute atomic E-state index is 12.8. The molecule has 3 aromatic heterocycles. The summed E-state index contributed by atoms with van der Waals surface area (Å²) in [5, 5.41) is 7.98. The van der Waals surface area contributed by atoms with Crippen LogP contribution in [0.3, 0.4) is 0 Å². The van der Waals surface area contributed by atoms with Crippen LogP contribution in [0.1, 0.15) is 34.7 Å². The van der Waals surface area contributed by atoms with Crippen LogP contribution in [-0.4, -0.2) is 65.1 Å². The summed E-state index contributed by atoms with van der Waals surface area (Å²) in [5.41, 5.74) is 1.17. The van der Waals surface area contributed by atoms with Crippen LogP contribution < -0.4 is 0 Å². The molecule has 5 heterocycles. The van der Waals surface area contributed by atoms with Crippen molar-refractivity contribution in [2.24, 2.45) is 0 Å². The van der Waals surface area contributed by atoms with Crippen molar-refractivity contribution < 1.29 is 14.1 Å². The minimum Gasteiger partial charge on any atom is -0.361 e. The number of amides is 2. The number of hydrogen-bond acceptors (Lipinski definition) is 7. The molecule has 2 fully saturated rings. The second-order valence-corrected chi connectivity index (χ2v) is 7.30. The molecule has 10 nitrogen and oxygen atoms in total. The summed E-state index contributed by atoms with van der Waals surface area (Å²) in [6.45, 7) is 2.75. The van der Waals surface area contributed by atoms with Gasteiger partial charge in [0.1, 0.15) is 18.4 Å². The van der Waals surface area contributed by atoms with Crippen molar-refractivity contribution in [3.05, 3.63) is 54.1 Å². The molecule has 10 heteroatoms. The number of likely N-dealkylation sites (tertiary alicyclic amines) is 2. The van der Waals surface area contributed by atoms with Crippen LogP contribution in [0.15, 0.2) is 41.6 Å². The fraction of sp³-hybridized carbons (Fsp3) is 0.368. The summed E-state index contributed by atoms with van der Waals surface area (Å²) in [6.07, 6.45) is 5.76. The first-order valence-corrected chi connectivity index (χ1v) is 9.44. The van der Waals surface area contributed by atoms with Gasteiger partial charge in [-0.3, -0.25) is 9.59 Å². The molecule has 2 aliphatic rings. The van der Waals surface area contributed by atoms with E-state index >= 15 is 0 Å². The first-order chi connectivity index (χ1) is 14.1. The van der Waals surface area contributed by atoms with E-state index in [4.69, 9.17) is 4.52 Å². The van der Waals surface area contributed by atoms with E-state index in [1.807, 2.05) is 17.0 Å². The molecule has 2 amide bonds. The van der Waals surface area contributed by atoms with Crippen LogP contribution in [0.4, 0.5) is 0 Å². The van der Waals surface area contributed by atoms with Crippen molar-refractivity contribution >= 4 is 11.8 Å². The predicted molar refractivity (Wildman–Crippen MR) is 98.8 cm³/mol. The molecule has 3 aromatic rings. The normalized spacial score (nSPS) is 21.1. The van der Waals surface area contributed by atoms with Gasteiger partial charge in [-0.2, -0.15) is 5.10 Å². The van der Waals surface area contributed by atoms with E-state index in [0.29, 0.717) is 31.1 Å². The summed E-state index contributed by atoms with van der Waals surface area (Å²) >= 11 is 0. The van der Waals surface area contributed by atoms with Crippen LogP contribution in [0.25, 0.3) is 5.82 Å². The van der Waals surface area contributed by atoms with Crippen LogP contribution in [0.2, 0.25) is 0 Å². The highest BCUT2D eigenvalue weighted by molar-refractivity contribution is 5.94. The summed E-state index contributed by atoms with van der Waals surface area (Å²) in [5.74, 6) is 1.08. The Bertz CT molecular complexity index is 1060. The zero-order valence-electron chi connectivity index (χ0n) is 15.8. The molecule has 0 saturated carbocycles. The average Bonchev–Trinajstić information content (AvgIpc) is 3.49. The minimum atomic E-state index is -0.186. The lowest BCUT2D eigenvalue weighted by Gasteiger charge is -2.25. The van der Waals surface area contributed by atoms with E-state index in [9.17, 15) is 9.59 Å². The lowest BCUT2D eigenvalue weighted by Crippen LogP contribution is -2.40. The fourth-order valence-electron chi connectivity index (χ4n) is 4.26. The molecular formula is C19H19N7O3. The van der Waals surface area contributed by atoms with E-state index in [1.54, 1.807) is 35.1 Å². The molecule has 148 valence electrons. The molecule has 2 atom stereocenters. The molecular weight excluding hydrogens is 374 g/mol. The Morgan fingerprint density at radius 3 is 3.00 bits per heavy atom. The number of carbonyl (C=O) groups excluding carboxylic acids is 2. The average molecular weight is 393 g/mol. The molecule has 0 N–H and O–H groups in total. The molecule has 29 heavy (non-hydrogen) atoms. The minimum absolute atomic E-state index is 0.0248. The zero-order valence-corrected chi connectivity index (χ0v) is 15.8. The first-order valence-electron chi connectivity index (χ1n) is 9.44. The van der Waals surface area contributed by atoms with Gasteiger partial charge in [-0.25, -0.2) is 14.6 Å². The molecule has 0 bridgehead atoms. The van der Waals surface area contributed by atoms with Gasteiger partial charge in [0.05, 0.1) is 12.1 Å². The lowest BCUT2D eigenvalue weighted by molar-refractivity contribution is -0.129. The molecule has 0 unspecified atom stereocenters. The number of hydrogen-bond donors (Lipinski definition) is 0. The summed E-state index contributed by atoms with van der Waals surface area (Å²) < 4.78 is 6.62. The third-order valence-corrected chi connectivity index (χ3v) is 5.57. The van der Waals surface area contributed by atoms with Crippen molar-refractivity contribution in [3.8, 4) is 5.82 Å². The van der Waals surface area contributed by atoms with E-state index in [1.165, 1.54) is 6.33 Å². The van der Waals surface area contributed by atoms with Gasteiger partial charge < -0.3 is 14.3 Å². The molecule has 0 spiro atoms. The van der Waals surface area contributed by atoms with Gasteiger partial charge in [0.2, 0.25) is 5.91 Å². The Labute approximate surface area is 166 Å². The van der Waals surface area contributed by atoms with Gasteiger partial charge in [-0.1, -0.05) is 11.2 Å². The van der Waals surface area contributed by atoms with Gasteiger partial charge in [0, 0.05) is 37.3 Å². The second-order valence-electron chi connectivity index (χ2n) is 7.30. The van der Waals surface area contributed by atoms with Crippen LogP contribution in [-0.2, 0) is 11.3 Å². The number of rotatable bonds is 4. The fourth-order valence-corrected chi connectivity index (χ4v) is 4.26. The molecule has 2 saturated heterocycles. The highest BCUT2D eigenvalue weighted by Crippen LogP contribution is 2.34. The highest BCUT2D eigenvalue weighted by Gasteiger charge is 2.48. The van der Waals surface area contributed by atoms with Crippen LogP contribution in [0, 0.1) is 6.92 Å². The van der Waals surface area contributed by atoms with Gasteiger partial charge in [-0.15, -0.1) is 0 Å². The number of fused-ring (bicyclic) bond motifs is 1. The number of aryl methyl sites for hydroxylation is 1. The van der Waals surface area contributed by atoms with Crippen LogP contribution >= 0.6 is 0 Å². The number of nitrogens with zero attached hydrogens (tertiary/aromatic N) is 7. The van der Waals surface area contributed by atoms with Gasteiger partial charge in [0.15, 0.2) is 11.5 Å². The topological polar surface area (TPSA) is 110 Å². The Morgan fingerprint density at radius 1 is 1.34 bits per heavy atom. The predicted octanol–water partition coefficient (Wildman–Crippen LogP) is 0.974. The number of carbonyl (C=O) groups is 2. The zero-order chi connectivity index (χ0) is 20.0. The standard InChI is InChI=1S/C19H19N7O3/c1-12-7-14(23-29-12)19(28)24-6-4-15-16(24)8-17(27)25(15)9-13-3-2-5-21-18(13)26-11-20-10-22-26/h2-3,5,7,10-11,15-16H,4,6,8-9H2,1H3/t15-,16-/m0/s1. The van der Waals surface area contributed by atoms with E-state index in [0.717, 1.165) is 12.0 Å². The highest BCUT2D eigenvalue weighted by atomic mass is 16.5. The summed E-state index contributed by atoms with van der Waals surface area (Å²) in [6, 6.07) is 5.22. The van der Waals surface area contributed by atoms with Crippen molar-refractivity contribution in [2.75, 3.05) is 6.54 Å². The smallest absolute Gasteiger partial charge is 0.276 e. The van der Waals surface area contributed by atoms with Crippen molar-refractivity contribution in [1.82, 2.24) is 34.7 Å². The molecule has 0 radical (unpaired) electrons. The maximum Gasteiger partial charge on any atom is 0.276 e. The third kappa shape index (κ3) is 2.96. The van der Waals surface area contributed by atoms with E-state index in [-0.39, 0.29) is 29.6 Å². The monoisotopic (exact) mass is 393 g/mol. The van der Waals surface area contributed by atoms with Crippen LogP contribution in [0.5, 0.6) is 0 Å². The Kier molecular flexibility index (Phi) is 4.11. The van der Waals surface area contributed by atoms with Gasteiger partial charge >= 0.3 is 0 Å². The Morgan fingerprint density at radius 2 is 2.24 bits per heavy atom. The number of pyridine rings is 1. The van der Waals surface area contributed by atoms with Crippen molar-refractivity contribution in [1.29, 1.82) is 0 Å². The maximum atomic E-state index is 12.8. The van der Waals surface area contributed by atoms with E-state index in [2.05, 4.69) is 20.2 Å². The first kappa shape index (κ1) is 17.5. The summed E-state index contributed by atoms with van der Waals surface area (Å²) in [4.78, 5) is 37.6. The quantitative estimate of drug-likeness (QED) is 0.649. The van der Waals surface area contributed by atoms with Gasteiger partial charge in [-0.05, 0) is 19.4 Å². The molecule has 0 aromatic carbocycles. The van der Waals surface area contributed by atoms with Crippen molar-refractivity contribution in [3.63, 3.8) is 0 Å². The Balaban J connectivity index is 1.38. The van der Waals surface area contributed by atoms with E-state index < -0.39 is 0 Å². The molecule has 2 aliphatic heterocycles. The van der Waals surface area contributed by atoms with Crippen molar-refractivity contribution in [2.45, 2.75) is 38.4 Å². The molecule has 5 rings (SSSR count). The Hall–Kier alpha value is -3.56. The summed E-state index contributed by atoms with van der Waals surface area (Å²) in [7, 11) is 0. The van der Waals surface area contributed by atoms with Gasteiger partial charge in [0.25, 0.3) is 5.91 Å². The number of aromatic nitrogens is 5. The molecule has 0 aliphatic carbocycles. The second kappa shape index (κ2) is 6.80. The lowest BCUT2D eigenvalue weighted by atomic mass is 10.1. The third-order valence-electron chi connectivity index (χ3n) is 5.57. The SMILES string of the molecule is Cc1cc(C(=O)N2CC[C@H]3[C@@H]2CC(=O)N3Cc2cccnc2-n2cncn2)no1.